The third-order valence-corrected chi connectivity index (χ3v) is 4.36. The largest absolute Gasteiger partial charge is 0.324 e. The Kier molecular flexibility index (Phi) is 4.68. The Labute approximate surface area is 111 Å². The van der Waals surface area contributed by atoms with Crippen molar-refractivity contribution >= 4 is 16.3 Å². The Morgan fingerprint density at radius 3 is 3.17 bits per heavy atom. The molecule has 1 fully saturated rings. The molecule has 0 radical (unpaired) electrons. The van der Waals surface area contributed by atoms with Crippen LogP contribution in [-0.4, -0.2) is 35.5 Å². The number of hydrogen-bond donors (Lipinski definition) is 1. The van der Waals surface area contributed by atoms with Gasteiger partial charge in [0, 0.05) is 30.6 Å². The van der Waals surface area contributed by atoms with Crippen molar-refractivity contribution in [3.05, 3.63) is 27.1 Å². The van der Waals surface area contributed by atoms with Crippen molar-refractivity contribution in [3.8, 4) is 0 Å². The molecule has 0 bridgehead atoms. The first kappa shape index (κ1) is 13.5. The van der Waals surface area contributed by atoms with E-state index in [0.29, 0.717) is 6.04 Å². The zero-order valence-corrected chi connectivity index (χ0v) is 11.4. The lowest BCUT2D eigenvalue weighted by molar-refractivity contribution is -0.380. The molecule has 0 saturated carbocycles. The lowest BCUT2D eigenvalue weighted by Crippen LogP contribution is -2.37. The van der Waals surface area contributed by atoms with Crippen LogP contribution < -0.4 is 5.32 Å². The van der Waals surface area contributed by atoms with E-state index in [1.807, 2.05) is 5.38 Å². The zero-order chi connectivity index (χ0) is 13.0. The summed E-state index contributed by atoms with van der Waals surface area (Å²) in [6, 6.07) is 2.29. The molecule has 1 atom stereocenters. The molecule has 1 aromatic rings. The van der Waals surface area contributed by atoms with E-state index in [1.165, 1.54) is 30.7 Å². The molecule has 0 aliphatic carbocycles. The zero-order valence-electron chi connectivity index (χ0n) is 10.6. The van der Waals surface area contributed by atoms with E-state index in [0.717, 1.165) is 25.2 Å². The smallest absolute Gasteiger partial charge is 0.311 e. The van der Waals surface area contributed by atoms with Crippen molar-refractivity contribution in [3.63, 3.8) is 0 Å². The van der Waals surface area contributed by atoms with Gasteiger partial charge in [0.1, 0.15) is 0 Å². The lowest BCUT2D eigenvalue weighted by Gasteiger charge is -2.22. The van der Waals surface area contributed by atoms with Crippen LogP contribution in [0.5, 0.6) is 0 Å². The molecular formula is C12H19N3O2S. The van der Waals surface area contributed by atoms with Crippen molar-refractivity contribution in [1.29, 1.82) is 0 Å². The van der Waals surface area contributed by atoms with Gasteiger partial charge in [0.05, 0.1) is 4.92 Å². The van der Waals surface area contributed by atoms with Crippen LogP contribution >= 0.6 is 11.3 Å². The number of nitrogens with zero attached hydrogens (tertiary/aromatic N) is 2. The predicted molar refractivity (Wildman–Crippen MR) is 72.9 cm³/mol. The second-order valence-electron chi connectivity index (χ2n) is 4.61. The van der Waals surface area contributed by atoms with Gasteiger partial charge in [-0.25, -0.2) is 0 Å². The third-order valence-electron chi connectivity index (χ3n) is 3.43. The monoisotopic (exact) mass is 269 g/mol. The molecule has 18 heavy (non-hydrogen) atoms. The predicted octanol–water partition coefficient (Wildman–Crippen LogP) is 2.23. The molecule has 0 aromatic carbocycles. The van der Waals surface area contributed by atoms with E-state index in [4.69, 9.17) is 0 Å². The van der Waals surface area contributed by atoms with E-state index >= 15 is 0 Å². The summed E-state index contributed by atoms with van der Waals surface area (Å²) in [6.45, 7) is 6.19. The summed E-state index contributed by atoms with van der Waals surface area (Å²) in [5, 5.41) is 16.1. The molecule has 0 spiro atoms. The highest BCUT2D eigenvalue weighted by molar-refractivity contribution is 7.13. The van der Waals surface area contributed by atoms with Gasteiger partial charge in [-0.15, -0.1) is 0 Å². The highest BCUT2D eigenvalue weighted by atomic mass is 32.1. The number of nitrogens with one attached hydrogen (secondary N) is 1. The van der Waals surface area contributed by atoms with Gasteiger partial charge in [-0.2, -0.15) is 0 Å². The quantitative estimate of drug-likeness (QED) is 0.635. The molecule has 1 saturated heterocycles. The average molecular weight is 269 g/mol. The summed E-state index contributed by atoms with van der Waals surface area (Å²) < 4.78 is 0. The Hall–Kier alpha value is -0.980. The minimum absolute atomic E-state index is 0.225. The molecule has 1 N–H and O–H groups in total. The van der Waals surface area contributed by atoms with Gasteiger partial charge in [0.15, 0.2) is 0 Å². The van der Waals surface area contributed by atoms with Crippen LogP contribution in [0.15, 0.2) is 11.4 Å². The van der Waals surface area contributed by atoms with Crippen molar-refractivity contribution in [2.45, 2.75) is 32.4 Å². The molecule has 1 unspecified atom stereocenters. The fourth-order valence-electron chi connectivity index (χ4n) is 2.48. The molecule has 0 amide bonds. The van der Waals surface area contributed by atoms with Gasteiger partial charge in [0.2, 0.25) is 0 Å². The van der Waals surface area contributed by atoms with Crippen molar-refractivity contribution in [2.75, 3.05) is 19.6 Å². The van der Waals surface area contributed by atoms with Crippen LogP contribution in [0.3, 0.4) is 0 Å². The van der Waals surface area contributed by atoms with E-state index in [1.54, 1.807) is 6.07 Å². The van der Waals surface area contributed by atoms with E-state index in [2.05, 4.69) is 17.1 Å². The van der Waals surface area contributed by atoms with Crippen LogP contribution in [0.4, 0.5) is 5.00 Å². The molecule has 1 aromatic heterocycles. The Morgan fingerprint density at radius 2 is 2.50 bits per heavy atom. The van der Waals surface area contributed by atoms with Gasteiger partial charge in [-0.05, 0) is 31.5 Å². The van der Waals surface area contributed by atoms with Crippen LogP contribution in [0.25, 0.3) is 0 Å². The average Bonchev–Trinajstić information content (AvgIpc) is 2.97. The Balaban J connectivity index is 1.76. The summed E-state index contributed by atoms with van der Waals surface area (Å²) in [7, 11) is 0. The van der Waals surface area contributed by atoms with Gasteiger partial charge in [-0.1, -0.05) is 18.3 Å². The maximum atomic E-state index is 10.6. The molecule has 5 nitrogen and oxygen atoms in total. The summed E-state index contributed by atoms with van der Waals surface area (Å²) >= 11 is 1.20. The molecule has 6 heteroatoms. The summed E-state index contributed by atoms with van der Waals surface area (Å²) in [5.41, 5.74) is 1.01. The van der Waals surface area contributed by atoms with E-state index < -0.39 is 0 Å². The molecule has 1 aliphatic rings. The SMILES string of the molecule is CCN1CCCC1CNCc1csc([N+](=O)[O-])c1. The fourth-order valence-corrected chi connectivity index (χ4v) is 3.21. The number of likely N-dealkylation sites (N-methyl/N-ethyl adjacent to an activating group) is 1. The highest BCUT2D eigenvalue weighted by Crippen LogP contribution is 2.22. The molecular weight excluding hydrogens is 250 g/mol. The lowest BCUT2D eigenvalue weighted by atomic mass is 10.2. The van der Waals surface area contributed by atoms with Gasteiger partial charge in [0.25, 0.3) is 0 Å². The van der Waals surface area contributed by atoms with Gasteiger partial charge >= 0.3 is 5.00 Å². The summed E-state index contributed by atoms with van der Waals surface area (Å²) in [4.78, 5) is 12.7. The number of thiophene rings is 1. The third kappa shape index (κ3) is 3.28. The topological polar surface area (TPSA) is 58.4 Å². The number of nitro groups is 1. The molecule has 1 aliphatic heterocycles. The number of likely N-dealkylation sites (tertiary alicyclic amines) is 1. The molecule has 2 rings (SSSR count). The van der Waals surface area contributed by atoms with Crippen LogP contribution in [0.2, 0.25) is 0 Å². The van der Waals surface area contributed by atoms with Crippen molar-refractivity contribution in [1.82, 2.24) is 10.2 Å². The van der Waals surface area contributed by atoms with Gasteiger partial charge < -0.3 is 5.32 Å². The van der Waals surface area contributed by atoms with Crippen LogP contribution in [0, 0.1) is 10.1 Å². The highest BCUT2D eigenvalue weighted by Gasteiger charge is 2.22. The summed E-state index contributed by atoms with van der Waals surface area (Å²) in [6.07, 6.45) is 2.54. The first-order chi connectivity index (χ1) is 8.70. The van der Waals surface area contributed by atoms with Gasteiger partial charge in [-0.3, -0.25) is 15.0 Å². The number of hydrogen-bond acceptors (Lipinski definition) is 5. The van der Waals surface area contributed by atoms with Crippen LogP contribution in [0.1, 0.15) is 25.3 Å². The normalized spacial score (nSPS) is 20.4. The maximum absolute atomic E-state index is 10.6. The Morgan fingerprint density at radius 1 is 1.67 bits per heavy atom. The molecule has 100 valence electrons. The second-order valence-corrected chi connectivity index (χ2v) is 5.50. The first-order valence-electron chi connectivity index (χ1n) is 6.37. The standard InChI is InChI=1S/C12H19N3O2S/c1-2-14-5-3-4-11(14)8-13-7-10-6-12(15(16)17)18-9-10/h6,9,11,13H,2-5,7-8H2,1H3. The van der Waals surface area contributed by atoms with E-state index in [9.17, 15) is 10.1 Å². The molecule has 2 heterocycles. The fraction of sp³-hybridized carbons (Fsp3) is 0.667. The van der Waals surface area contributed by atoms with Crippen LogP contribution in [-0.2, 0) is 6.54 Å². The summed E-state index contributed by atoms with van der Waals surface area (Å²) in [5.74, 6) is 0. The second kappa shape index (κ2) is 6.26. The van der Waals surface area contributed by atoms with E-state index in [-0.39, 0.29) is 9.92 Å². The minimum Gasteiger partial charge on any atom is -0.311 e. The maximum Gasteiger partial charge on any atom is 0.324 e. The minimum atomic E-state index is -0.329. The Bertz CT molecular complexity index is 408. The van der Waals surface area contributed by atoms with Crippen molar-refractivity contribution in [2.24, 2.45) is 0 Å². The number of rotatable bonds is 6. The van der Waals surface area contributed by atoms with Crippen molar-refractivity contribution < 1.29 is 4.92 Å². The first-order valence-corrected chi connectivity index (χ1v) is 7.25.